The Bertz CT molecular complexity index is 353. The van der Waals surface area contributed by atoms with Crippen LogP contribution < -0.4 is 5.32 Å². The summed E-state index contributed by atoms with van der Waals surface area (Å²) in [6, 6.07) is -1.85. The van der Waals surface area contributed by atoms with Crippen molar-refractivity contribution in [2.24, 2.45) is 5.92 Å². The van der Waals surface area contributed by atoms with Gasteiger partial charge in [0.15, 0.2) is 0 Å². The van der Waals surface area contributed by atoms with Crippen LogP contribution >= 0.6 is 0 Å². The number of rotatable bonds is 1. The highest BCUT2D eigenvalue weighted by Gasteiger charge is 2.46. The number of hydroxylamine groups is 2. The Kier molecular flexibility index (Phi) is 3.47. The van der Waals surface area contributed by atoms with Gasteiger partial charge >= 0.3 is 6.18 Å². The monoisotopic (exact) mass is 266 g/mol. The summed E-state index contributed by atoms with van der Waals surface area (Å²) in [7, 11) is 0. The Morgan fingerprint density at radius 3 is 2.61 bits per heavy atom. The Morgan fingerprint density at radius 2 is 2.11 bits per heavy atom. The molecule has 0 aromatic carbocycles. The third kappa shape index (κ3) is 2.58. The lowest BCUT2D eigenvalue weighted by Crippen LogP contribution is -2.54. The molecule has 0 bridgehead atoms. The Labute approximate surface area is 101 Å². The normalized spacial score (nSPS) is 29.3. The summed E-state index contributed by atoms with van der Waals surface area (Å²) in [6.07, 6.45) is -4.17. The average Bonchev–Trinajstić information content (AvgIpc) is 2.80. The molecule has 2 heterocycles. The number of piperidine rings is 1. The second kappa shape index (κ2) is 4.75. The number of nitrogens with zero attached hydrogens (tertiary/aromatic N) is 1. The fourth-order valence-electron chi connectivity index (χ4n) is 2.09. The number of alkyl halides is 3. The van der Waals surface area contributed by atoms with E-state index >= 15 is 0 Å². The first kappa shape index (κ1) is 13.1. The predicted molar refractivity (Wildman–Crippen MR) is 53.0 cm³/mol. The molecular weight excluding hydrogens is 253 g/mol. The molecule has 2 aliphatic rings. The van der Waals surface area contributed by atoms with Gasteiger partial charge in [-0.3, -0.25) is 14.4 Å². The van der Waals surface area contributed by atoms with Crippen LogP contribution in [0.25, 0.3) is 0 Å². The number of hydrogen-bond acceptors (Lipinski definition) is 3. The van der Waals surface area contributed by atoms with Gasteiger partial charge < -0.3 is 5.32 Å². The third-order valence-electron chi connectivity index (χ3n) is 3.07. The van der Waals surface area contributed by atoms with E-state index in [-0.39, 0.29) is 12.8 Å². The fraction of sp³-hybridized carbons (Fsp3) is 0.800. The quantitative estimate of drug-likeness (QED) is 0.707. The van der Waals surface area contributed by atoms with Gasteiger partial charge in [0.05, 0.1) is 13.2 Å². The molecule has 18 heavy (non-hydrogen) atoms. The van der Waals surface area contributed by atoms with Gasteiger partial charge in [-0.05, 0) is 19.3 Å². The highest BCUT2D eigenvalue weighted by Crippen LogP contribution is 2.29. The standard InChI is InChI=1S/C10H13F3N2O3/c11-10(12,13)7-3-2-6(8(16)14-7)9(17)15-4-1-5-18-15/h6-7H,1-5H2,(H,14,16)/t6-,7+/m0/s1. The van der Waals surface area contributed by atoms with E-state index in [9.17, 15) is 22.8 Å². The molecule has 2 saturated heterocycles. The summed E-state index contributed by atoms with van der Waals surface area (Å²) in [5.41, 5.74) is 0. The zero-order valence-electron chi connectivity index (χ0n) is 9.50. The van der Waals surface area contributed by atoms with E-state index in [0.717, 1.165) is 5.06 Å². The van der Waals surface area contributed by atoms with E-state index in [0.29, 0.717) is 19.6 Å². The van der Waals surface area contributed by atoms with Gasteiger partial charge in [0.25, 0.3) is 5.91 Å². The van der Waals surface area contributed by atoms with Crippen molar-refractivity contribution >= 4 is 11.8 Å². The SMILES string of the molecule is O=C1N[C@@H](C(F)(F)F)CC[C@@H]1C(=O)N1CCCO1. The zero-order chi connectivity index (χ0) is 13.3. The van der Waals surface area contributed by atoms with Crippen molar-refractivity contribution in [3.8, 4) is 0 Å². The molecule has 5 nitrogen and oxygen atoms in total. The summed E-state index contributed by atoms with van der Waals surface area (Å²) < 4.78 is 37.2. The maximum absolute atomic E-state index is 12.4. The van der Waals surface area contributed by atoms with E-state index in [2.05, 4.69) is 0 Å². The second-order valence-corrected chi connectivity index (χ2v) is 4.36. The maximum Gasteiger partial charge on any atom is 0.408 e. The number of hydrogen-bond donors (Lipinski definition) is 1. The summed E-state index contributed by atoms with van der Waals surface area (Å²) in [5.74, 6) is -2.49. The molecule has 0 saturated carbocycles. The topological polar surface area (TPSA) is 58.6 Å². The van der Waals surface area contributed by atoms with Crippen LogP contribution in [-0.4, -0.2) is 42.2 Å². The van der Waals surface area contributed by atoms with Crippen LogP contribution in [0.2, 0.25) is 0 Å². The highest BCUT2D eigenvalue weighted by molar-refractivity contribution is 6.00. The molecule has 0 aromatic heterocycles. The zero-order valence-corrected chi connectivity index (χ0v) is 9.50. The third-order valence-corrected chi connectivity index (χ3v) is 3.07. The van der Waals surface area contributed by atoms with E-state index in [1.807, 2.05) is 5.32 Å². The molecule has 0 spiro atoms. The molecule has 102 valence electrons. The van der Waals surface area contributed by atoms with Crippen LogP contribution in [0.5, 0.6) is 0 Å². The van der Waals surface area contributed by atoms with Crippen LogP contribution in [-0.2, 0) is 14.4 Å². The lowest BCUT2D eigenvalue weighted by molar-refractivity contribution is -0.184. The lowest BCUT2D eigenvalue weighted by Gasteiger charge is -2.31. The van der Waals surface area contributed by atoms with Crippen LogP contribution in [0, 0.1) is 5.92 Å². The molecule has 2 fully saturated rings. The van der Waals surface area contributed by atoms with Gasteiger partial charge in [0.1, 0.15) is 12.0 Å². The minimum Gasteiger partial charge on any atom is -0.344 e. The predicted octanol–water partition coefficient (Wildman–Crippen LogP) is 0.607. The minimum atomic E-state index is -4.46. The molecule has 0 unspecified atom stereocenters. The van der Waals surface area contributed by atoms with Crippen molar-refractivity contribution in [1.82, 2.24) is 10.4 Å². The fourth-order valence-corrected chi connectivity index (χ4v) is 2.09. The van der Waals surface area contributed by atoms with Gasteiger partial charge in [-0.25, -0.2) is 5.06 Å². The van der Waals surface area contributed by atoms with Gasteiger partial charge in [-0.2, -0.15) is 13.2 Å². The number of amides is 2. The number of nitrogens with one attached hydrogen (secondary N) is 1. The van der Waals surface area contributed by atoms with E-state index < -0.39 is 30.0 Å². The molecular formula is C10H13F3N2O3. The van der Waals surface area contributed by atoms with E-state index in [4.69, 9.17) is 4.84 Å². The minimum absolute atomic E-state index is 0.102. The van der Waals surface area contributed by atoms with Crippen molar-refractivity contribution in [3.63, 3.8) is 0 Å². The molecule has 0 radical (unpaired) electrons. The van der Waals surface area contributed by atoms with Crippen LogP contribution in [0.4, 0.5) is 13.2 Å². The lowest BCUT2D eigenvalue weighted by atomic mass is 9.92. The van der Waals surface area contributed by atoms with E-state index in [1.54, 1.807) is 0 Å². The van der Waals surface area contributed by atoms with E-state index in [1.165, 1.54) is 0 Å². The molecule has 0 aromatic rings. The molecule has 8 heteroatoms. The first-order chi connectivity index (χ1) is 8.39. The van der Waals surface area contributed by atoms with Crippen LogP contribution in [0.3, 0.4) is 0 Å². The maximum atomic E-state index is 12.4. The summed E-state index contributed by atoms with van der Waals surface area (Å²) >= 11 is 0. The smallest absolute Gasteiger partial charge is 0.344 e. The first-order valence-electron chi connectivity index (χ1n) is 5.71. The molecule has 2 amide bonds. The summed E-state index contributed by atoms with van der Waals surface area (Å²) in [5, 5.41) is 2.91. The number of carbonyl (C=O) groups is 2. The number of halogens is 3. The first-order valence-corrected chi connectivity index (χ1v) is 5.71. The van der Waals surface area contributed by atoms with Crippen molar-refractivity contribution in [1.29, 1.82) is 0 Å². The Balaban J connectivity index is 1.97. The van der Waals surface area contributed by atoms with Gasteiger partial charge in [-0.1, -0.05) is 0 Å². The molecule has 2 atom stereocenters. The average molecular weight is 266 g/mol. The van der Waals surface area contributed by atoms with Gasteiger partial charge in [-0.15, -0.1) is 0 Å². The highest BCUT2D eigenvalue weighted by atomic mass is 19.4. The second-order valence-electron chi connectivity index (χ2n) is 4.36. The van der Waals surface area contributed by atoms with Gasteiger partial charge in [0.2, 0.25) is 5.91 Å². The van der Waals surface area contributed by atoms with Crippen molar-refractivity contribution in [2.75, 3.05) is 13.2 Å². The molecule has 2 rings (SSSR count). The van der Waals surface area contributed by atoms with Crippen LogP contribution in [0.1, 0.15) is 19.3 Å². The Morgan fingerprint density at radius 1 is 1.39 bits per heavy atom. The largest absolute Gasteiger partial charge is 0.408 e. The molecule has 1 N–H and O–H groups in total. The van der Waals surface area contributed by atoms with Crippen molar-refractivity contribution in [3.05, 3.63) is 0 Å². The number of carbonyl (C=O) groups excluding carboxylic acids is 2. The van der Waals surface area contributed by atoms with Crippen LogP contribution in [0.15, 0.2) is 0 Å². The van der Waals surface area contributed by atoms with Crippen molar-refractivity contribution in [2.45, 2.75) is 31.5 Å². The van der Waals surface area contributed by atoms with Crippen molar-refractivity contribution < 1.29 is 27.6 Å². The molecule has 2 aliphatic heterocycles. The summed E-state index contributed by atoms with van der Waals surface area (Å²) in [4.78, 5) is 28.4. The summed E-state index contributed by atoms with van der Waals surface area (Å²) in [6.45, 7) is 0.774. The van der Waals surface area contributed by atoms with Gasteiger partial charge in [0, 0.05) is 0 Å². The Hall–Kier alpha value is -1.31. The molecule has 0 aliphatic carbocycles.